The molecule has 1 aromatic carbocycles. The van der Waals surface area contributed by atoms with Crippen molar-refractivity contribution in [1.82, 2.24) is 9.97 Å². The number of anilines is 1. The second-order valence-electron chi connectivity index (χ2n) is 3.43. The van der Waals surface area contributed by atoms with Crippen molar-refractivity contribution in [3.63, 3.8) is 0 Å². The van der Waals surface area contributed by atoms with Crippen LogP contribution in [0.1, 0.15) is 5.56 Å². The lowest BCUT2D eigenvalue weighted by Gasteiger charge is -2.05. The molecule has 0 spiro atoms. The van der Waals surface area contributed by atoms with Gasteiger partial charge in [0.15, 0.2) is 0 Å². The molecule has 0 amide bonds. The first kappa shape index (κ1) is 12.3. The van der Waals surface area contributed by atoms with Crippen LogP contribution in [0.15, 0.2) is 30.6 Å². The van der Waals surface area contributed by atoms with E-state index in [0.717, 1.165) is 6.07 Å². The lowest BCUT2D eigenvalue weighted by molar-refractivity contribution is -0.385. The smallest absolute Gasteiger partial charge is 0.312 e. The van der Waals surface area contributed by atoms with E-state index in [4.69, 9.17) is 15.7 Å². The summed E-state index contributed by atoms with van der Waals surface area (Å²) in [6, 6.07) is 5.68. The largest absolute Gasteiger partial charge is 0.430 e. The van der Waals surface area contributed by atoms with Crippen LogP contribution in [0.5, 0.6) is 11.6 Å². The highest BCUT2D eigenvalue weighted by atomic mass is 16.6. The first-order valence-electron chi connectivity index (χ1n) is 5.04. The van der Waals surface area contributed by atoms with Crippen LogP contribution in [0.25, 0.3) is 0 Å². The van der Waals surface area contributed by atoms with Crippen LogP contribution in [0.4, 0.5) is 11.5 Å². The summed E-state index contributed by atoms with van der Waals surface area (Å²) in [5.74, 6) is 0.256. The van der Waals surface area contributed by atoms with Crippen molar-refractivity contribution in [1.29, 1.82) is 5.26 Å². The molecule has 2 N–H and O–H groups in total. The molecule has 1 heterocycles. The van der Waals surface area contributed by atoms with Gasteiger partial charge in [-0.15, -0.1) is 0 Å². The normalized spacial score (nSPS) is 9.63. The molecule has 94 valence electrons. The maximum Gasteiger partial charge on any atom is 0.312 e. The van der Waals surface area contributed by atoms with E-state index in [2.05, 4.69) is 9.97 Å². The third kappa shape index (κ3) is 2.73. The van der Waals surface area contributed by atoms with E-state index in [1.807, 2.05) is 6.07 Å². The van der Waals surface area contributed by atoms with Crippen LogP contribution in [-0.4, -0.2) is 14.9 Å². The second-order valence-corrected chi connectivity index (χ2v) is 3.43. The number of nitro groups is 1. The zero-order chi connectivity index (χ0) is 13.8. The quantitative estimate of drug-likeness (QED) is 0.653. The number of nitro benzene ring substituents is 1. The Kier molecular flexibility index (Phi) is 3.20. The predicted octanol–water partition coefficient (Wildman–Crippen LogP) is 1.63. The first-order chi connectivity index (χ1) is 9.10. The summed E-state index contributed by atoms with van der Waals surface area (Å²) in [4.78, 5) is 17.8. The van der Waals surface area contributed by atoms with Crippen LogP contribution in [0.2, 0.25) is 0 Å². The fraction of sp³-hybridized carbons (Fsp3) is 0. The first-order valence-corrected chi connectivity index (χ1v) is 5.04. The van der Waals surface area contributed by atoms with Crippen LogP contribution in [0.3, 0.4) is 0 Å². The molecule has 0 saturated heterocycles. The van der Waals surface area contributed by atoms with Crippen molar-refractivity contribution in [2.45, 2.75) is 0 Å². The van der Waals surface area contributed by atoms with Crippen LogP contribution in [0, 0.1) is 21.4 Å². The van der Waals surface area contributed by atoms with Gasteiger partial charge in [0, 0.05) is 6.07 Å². The van der Waals surface area contributed by atoms with Crippen molar-refractivity contribution >= 4 is 11.5 Å². The second kappa shape index (κ2) is 4.97. The number of benzene rings is 1. The van der Waals surface area contributed by atoms with Gasteiger partial charge in [0.05, 0.1) is 28.9 Å². The highest BCUT2D eigenvalue weighted by molar-refractivity contribution is 5.52. The number of hydrogen-bond donors (Lipinski definition) is 1. The van der Waals surface area contributed by atoms with Crippen molar-refractivity contribution < 1.29 is 9.66 Å². The highest BCUT2D eigenvalue weighted by Crippen LogP contribution is 2.31. The van der Waals surface area contributed by atoms with E-state index in [9.17, 15) is 10.1 Å². The maximum absolute atomic E-state index is 10.9. The van der Waals surface area contributed by atoms with Gasteiger partial charge in [-0.05, 0) is 12.1 Å². The molecule has 19 heavy (non-hydrogen) atoms. The minimum absolute atomic E-state index is 0.0249. The number of nitrogen functional groups attached to an aromatic ring is 1. The minimum atomic E-state index is -0.638. The number of aromatic nitrogens is 2. The molecule has 1 aromatic heterocycles. The zero-order valence-corrected chi connectivity index (χ0v) is 9.48. The lowest BCUT2D eigenvalue weighted by Crippen LogP contribution is -1.97. The Balaban J connectivity index is 2.37. The van der Waals surface area contributed by atoms with Gasteiger partial charge >= 0.3 is 5.69 Å². The van der Waals surface area contributed by atoms with Crippen molar-refractivity contribution in [2.75, 3.05) is 5.73 Å². The van der Waals surface area contributed by atoms with Gasteiger partial charge in [-0.1, -0.05) is 0 Å². The fourth-order valence-corrected chi connectivity index (χ4v) is 1.31. The maximum atomic E-state index is 10.9. The lowest BCUT2D eigenvalue weighted by atomic mass is 10.2. The molecule has 0 fully saturated rings. The Morgan fingerprint density at radius 2 is 2.16 bits per heavy atom. The van der Waals surface area contributed by atoms with Gasteiger partial charge in [0.25, 0.3) is 0 Å². The monoisotopic (exact) mass is 257 g/mol. The average Bonchev–Trinajstić information content (AvgIpc) is 2.41. The standard InChI is InChI=1S/C11H7N5O3/c12-4-7-1-2-9(8(3-7)16(17)18)19-11-6-14-10(13)5-15-11/h1-3,5-6H,(H2,13,14). The highest BCUT2D eigenvalue weighted by Gasteiger charge is 2.17. The van der Waals surface area contributed by atoms with E-state index in [1.54, 1.807) is 0 Å². The van der Waals surface area contributed by atoms with Gasteiger partial charge < -0.3 is 10.5 Å². The van der Waals surface area contributed by atoms with E-state index < -0.39 is 4.92 Å². The molecule has 2 rings (SSSR count). The van der Waals surface area contributed by atoms with E-state index in [1.165, 1.54) is 24.5 Å². The molecule has 2 aromatic rings. The summed E-state index contributed by atoms with van der Waals surface area (Å²) in [5.41, 5.74) is 5.21. The summed E-state index contributed by atoms with van der Waals surface area (Å²) >= 11 is 0. The van der Waals surface area contributed by atoms with Crippen LogP contribution in [-0.2, 0) is 0 Å². The Morgan fingerprint density at radius 1 is 1.37 bits per heavy atom. The Hall–Kier alpha value is -3.21. The van der Waals surface area contributed by atoms with Gasteiger partial charge in [-0.3, -0.25) is 10.1 Å². The molecule has 0 unspecified atom stereocenters. The molecule has 0 bridgehead atoms. The third-order valence-corrected chi connectivity index (χ3v) is 2.15. The van der Waals surface area contributed by atoms with E-state index >= 15 is 0 Å². The molecular formula is C11H7N5O3. The summed E-state index contributed by atoms with van der Waals surface area (Å²) in [6.07, 6.45) is 2.52. The number of nitrogens with zero attached hydrogens (tertiary/aromatic N) is 4. The summed E-state index contributed by atoms with van der Waals surface area (Å²) in [7, 11) is 0. The molecule has 0 aliphatic rings. The van der Waals surface area contributed by atoms with E-state index in [0.29, 0.717) is 0 Å². The minimum Gasteiger partial charge on any atom is -0.430 e. The third-order valence-electron chi connectivity index (χ3n) is 2.15. The van der Waals surface area contributed by atoms with Crippen molar-refractivity contribution in [2.24, 2.45) is 0 Å². The number of rotatable bonds is 3. The Morgan fingerprint density at radius 3 is 2.74 bits per heavy atom. The van der Waals surface area contributed by atoms with Gasteiger partial charge in [0.2, 0.25) is 11.6 Å². The topological polar surface area (TPSA) is 128 Å². The number of nitriles is 1. The number of hydrogen-bond acceptors (Lipinski definition) is 7. The summed E-state index contributed by atoms with van der Waals surface area (Å²) in [6.45, 7) is 0. The summed E-state index contributed by atoms with van der Waals surface area (Å²) in [5, 5.41) is 19.6. The SMILES string of the molecule is N#Cc1ccc(Oc2cnc(N)cn2)c([N+](=O)[O-])c1. The zero-order valence-electron chi connectivity index (χ0n) is 9.48. The molecule has 0 atom stereocenters. The van der Waals surface area contributed by atoms with Crippen LogP contribution >= 0.6 is 0 Å². The molecule has 0 saturated carbocycles. The van der Waals surface area contributed by atoms with Gasteiger partial charge in [-0.2, -0.15) is 5.26 Å². The number of nitrogens with two attached hydrogens (primary N) is 1. The molecular weight excluding hydrogens is 250 g/mol. The van der Waals surface area contributed by atoms with Crippen molar-refractivity contribution in [3.8, 4) is 17.7 Å². The van der Waals surface area contributed by atoms with E-state index in [-0.39, 0.29) is 28.7 Å². The molecule has 0 radical (unpaired) electrons. The summed E-state index contributed by atoms with van der Waals surface area (Å²) < 4.78 is 5.25. The van der Waals surface area contributed by atoms with Crippen molar-refractivity contribution in [3.05, 3.63) is 46.3 Å². The molecule has 8 nitrogen and oxygen atoms in total. The molecule has 0 aliphatic carbocycles. The Bertz CT molecular complexity index is 663. The van der Waals surface area contributed by atoms with Gasteiger partial charge in [0.1, 0.15) is 5.82 Å². The van der Waals surface area contributed by atoms with Gasteiger partial charge in [-0.25, -0.2) is 9.97 Å². The van der Waals surface area contributed by atoms with Crippen LogP contribution < -0.4 is 10.5 Å². The molecule has 0 aliphatic heterocycles. The predicted molar refractivity (Wildman–Crippen MR) is 64.3 cm³/mol. The molecule has 8 heteroatoms. The number of ether oxygens (including phenoxy) is 1. The Labute approximate surface area is 107 Å². The fourth-order valence-electron chi connectivity index (χ4n) is 1.31. The average molecular weight is 257 g/mol.